The highest BCUT2D eigenvalue weighted by atomic mass is 16.5. The Morgan fingerprint density at radius 1 is 1.13 bits per heavy atom. The lowest BCUT2D eigenvalue weighted by molar-refractivity contribution is -0.122. The van der Waals surface area contributed by atoms with Crippen LogP contribution in [-0.2, 0) is 16.1 Å². The van der Waals surface area contributed by atoms with Crippen molar-refractivity contribution in [3.8, 4) is 0 Å². The maximum atomic E-state index is 11.7. The third-order valence-corrected chi connectivity index (χ3v) is 3.18. The summed E-state index contributed by atoms with van der Waals surface area (Å²) in [7, 11) is 1.86. The Morgan fingerprint density at radius 3 is 2.52 bits per heavy atom. The predicted octanol–water partition coefficient (Wildman–Crippen LogP) is 0.356. The molecule has 0 saturated heterocycles. The van der Waals surface area contributed by atoms with Crippen LogP contribution < -0.4 is 21.7 Å². The summed E-state index contributed by atoms with van der Waals surface area (Å²) in [5, 5.41) is 8.26. The Labute approximate surface area is 137 Å². The summed E-state index contributed by atoms with van der Waals surface area (Å²) in [6.45, 7) is 1.66. The molecule has 0 heterocycles. The number of amides is 2. The second-order valence-corrected chi connectivity index (χ2v) is 5.13. The largest absolute Gasteiger partial charge is 0.445 e. The van der Waals surface area contributed by atoms with Gasteiger partial charge in [-0.25, -0.2) is 4.79 Å². The first-order valence-corrected chi connectivity index (χ1v) is 7.76. The van der Waals surface area contributed by atoms with Gasteiger partial charge in [0, 0.05) is 13.1 Å². The molecule has 0 aromatic heterocycles. The zero-order valence-corrected chi connectivity index (χ0v) is 13.5. The smallest absolute Gasteiger partial charge is 0.407 e. The van der Waals surface area contributed by atoms with E-state index in [2.05, 4.69) is 16.0 Å². The van der Waals surface area contributed by atoms with Crippen LogP contribution >= 0.6 is 0 Å². The van der Waals surface area contributed by atoms with Crippen molar-refractivity contribution >= 4 is 12.0 Å². The van der Waals surface area contributed by atoms with Crippen molar-refractivity contribution < 1.29 is 14.3 Å². The summed E-state index contributed by atoms with van der Waals surface area (Å²) in [4.78, 5) is 23.2. The van der Waals surface area contributed by atoms with Crippen LogP contribution in [0.25, 0.3) is 0 Å². The van der Waals surface area contributed by atoms with Crippen molar-refractivity contribution in [1.82, 2.24) is 16.0 Å². The number of alkyl carbamates (subject to hydrolysis) is 1. The zero-order chi connectivity index (χ0) is 16.9. The Kier molecular flexibility index (Phi) is 9.42. The number of carbonyl (C=O) groups excluding carboxylic acids is 2. The van der Waals surface area contributed by atoms with Crippen LogP contribution in [0.5, 0.6) is 0 Å². The normalized spacial score (nSPS) is 11.6. The minimum absolute atomic E-state index is 0.208. The quantitative estimate of drug-likeness (QED) is 0.465. The number of carbonyl (C=O) groups is 2. The van der Waals surface area contributed by atoms with E-state index in [-0.39, 0.29) is 12.5 Å². The molecule has 0 bridgehead atoms. The number of hydrogen-bond donors (Lipinski definition) is 4. The highest BCUT2D eigenvalue weighted by Gasteiger charge is 2.12. The number of benzene rings is 1. The van der Waals surface area contributed by atoms with Gasteiger partial charge in [-0.3, -0.25) is 4.79 Å². The van der Waals surface area contributed by atoms with Crippen molar-refractivity contribution in [2.45, 2.75) is 25.5 Å². The summed E-state index contributed by atoms with van der Waals surface area (Å²) >= 11 is 0. The van der Waals surface area contributed by atoms with Crippen LogP contribution in [0.3, 0.4) is 0 Å². The average molecular weight is 322 g/mol. The summed E-state index contributed by atoms with van der Waals surface area (Å²) < 4.78 is 5.05. The molecule has 0 fully saturated rings. The molecule has 0 aliphatic heterocycles. The molecule has 2 amide bonds. The monoisotopic (exact) mass is 322 g/mol. The van der Waals surface area contributed by atoms with Gasteiger partial charge in [0.1, 0.15) is 6.61 Å². The maximum Gasteiger partial charge on any atom is 0.407 e. The van der Waals surface area contributed by atoms with Gasteiger partial charge in [-0.1, -0.05) is 30.3 Å². The van der Waals surface area contributed by atoms with E-state index in [4.69, 9.17) is 10.5 Å². The van der Waals surface area contributed by atoms with Crippen molar-refractivity contribution in [3.63, 3.8) is 0 Å². The Bertz CT molecular complexity index is 468. The predicted molar refractivity (Wildman–Crippen MR) is 88.8 cm³/mol. The molecule has 0 radical (unpaired) electrons. The van der Waals surface area contributed by atoms with E-state index in [1.165, 1.54) is 0 Å². The lowest BCUT2D eigenvalue weighted by Gasteiger charge is -2.12. The highest BCUT2D eigenvalue weighted by molar-refractivity contribution is 5.81. The van der Waals surface area contributed by atoms with Crippen LogP contribution in [0, 0.1) is 0 Å². The van der Waals surface area contributed by atoms with Gasteiger partial charge in [0.2, 0.25) is 5.91 Å². The molecule has 1 aromatic rings. The fourth-order valence-corrected chi connectivity index (χ4v) is 1.89. The lowest BCUT2D eigenvalue weighted by Crippen LogP contribution is -2.43. The summed E-state index contributed by atoms with van der Waals surface area (Å²) in [5.74, 6) is -0.208. The molecule has 0 saturated carbocycles. The van der Waals surface area contributed by atoms with Crippen LogP contribution in [0.15, 0.2) is 30.3 Å². The third-order valence-electron chi connectivity index (χ3n) is 3.18. The molecule has 0 unspecified atom stereocenters. The summed E-state index contributed by atoms with van der Waals surface area (Å²) in [6, 6.07) is 8.90. The van der Waals surface area contributed by atoms with E-state index in [0.717, 1.165) is 18.5 Å². The first-order valence-electron chi connectivity index (χ1n) is 7.76. The van der Waals surface area contributed by atoms with Gasteiger partial charge in [-0.15, -0.1) is 0 Å². The van der Waals surface area contributed by atoms with Gasteiger partial charge in [0.15, 0.2) is 0 Å². The standard InChI is InChI=1S/C16H26N4O3/c1-18-9-5-8-14(17)15(21)19-10-11-20-16(22)23-12-13-6-3-2-4-7-13/h2-4,6-7,14,18H,5,8-12,17H2,1H3,(H,19,21)(H,20,22)/t14-/m0/s1. The minimum atomic E-state index is -0.520. The maximum absolute atomic E-state index is 11.7. The zero-order valence-electron chi connectivity index (χ0n) is 13.5. The lowest BCUT2D eigenvalue weighted by atomic mass is 10.1. The number of nitrogens with two attached hydrogens (primary N) is 1. The Balaban J connectivity index is 2.07. The van der Waals surface area contributed by atoms with E-state index < -0.39 is 12.1 Å². The van der Waals surface area contributed by atoms with Crippen molar-refractivity contribution in [3.05, 3.63) is 35.9 Å². The summed E-state index contributed by atoms with van der Waals surface area (Å²) in [6.07, 6.45) is 0.954. The van der Waals surface area contributed by atoms with Crippen molar-refractivity contribution in [1.29, 1.82) is 0 Å². The van der Waals surface area contributed by atoms with Gasteiger partial charge < -0.3 is 26.4 Å². The molecule has 0 aliphatic rings. The van der Waals surface area contributed by atoms with Crippen LogP contribution in [-0.4, -0.2) is 44.7 Å². The molecule has 7 nitrogen and oxygen atoms in total. The average Bonchev–Trinajstić information content (AvgIpc) is 2.57. The SMILES string of the molecule is CNCCC[C@H](N)C(=O)NCCNC(=O)OCc1ccccc1. The molecule has 7 heteroatoms. The minimum Gasteiger partial charge on any atom is -0.445 e. The first kappa shape index (κ1) is 18.9. The van der Waals surface area contributed by atoms with Gasteiger partial charge in [-0.2, -0.15) is 0 Å². The van der Waals surface area contributed by atoms with Crippen molar-refractivity contribution in [2.24, 2.45) is 5.73 Å². The third kappa shape index (κ3) is 8.80. The van der Waals surface area contributed by atoms with Crippen LogP contribution in [0.2, 0.25) is 0 Å². The molecule has 5 N–H and O–H groups in total. The van der Waals surface area contributed by atoms with E-state index in [1.54, 1.807) is 0 Å². The molecule has 128 valence electrons. The van der Waals surface area contributed by atoms with E-state index in [1.807, 2.05) is 37.4 Å². The molecule has 0 spiro atoms. The number of rotatable bonds is 10. The Hall–Kier alpha value is -2.12. The van der Waals surface area contributed by atoms with Gasteiger partial charge in [0.05, 0.1) is 6.04 Å². The number of nitrogens with one attached hydrogen (secondary N) is 3. The molecular weight excluding hydrogens is 296 g/mol. The molecule has 1 aromatic carbocycles. The molecule has 23 heavy (non-hydrogen) atoms. The van der Waals surface area contributed by atoms with Crippen LogP contribution in [0.1, 0.15) is 18.4 Å². The fraction of sp³-hybridized carbons (Fsp3) is 0.500. The second kappa shape index (κ2) is 11.4. The van der Waals surface area contributed by atoms with Crippen LogP contribution in [0.4, 0.5) is 4.79 Å². The molecular formula is C16H26N4O3. The Morgan fingerprint density at radius 2 is 1.83 bits per heavy atom. The second-order valence-electron chi connectivity index (χ2n) is 5.13. The topological polar surface area (TPSA) is 105 Å². The molecule has 1 rings (SSSR count). The molecule has 1 atom stereocenters. The van der Waals surface area contributed by atoms with Gasteiger partial charge in [0.25, 0.3) is 0 Å². The number of hydrogen-bond acceptors (Lipinski definition) is 5. The molecule has 0 aliphatic carbocycles. The van der Waals surface area contributed by atoms with Gasteiger partial charge >= 0.3 is 6.09 Å². The number of ether oxygens (including phenoxy) is 1. The van der Waals surface area contributed by atoms with E-state index >= 15 is 0 Å². The van der Waals surface area contributed by atoms with E-state index in [0.29, 0.717) is 19.5 Å². The van der Waals surface area contributed by atoms with E-state index in [9.17, 15) is 9.59 Å². The van der Waals surface area contributed by atoms with Gasteiger partial charge in [-0.05, 0) is 32.0 Å². The summed E-state index contributed by atoms with van der Waals surface area (Å²) in [5.41, 5.74) is 6.68. The fourth-order valence-electron chi connectivity index (χ4n) is 1.89. The van der Waals surface area contributed by atoms with Crippen molar-refractivity contribution in [2.75, 3.05) is 26.7 Å². The first-order chi connectivity index (χ1) is 11.1. The highest BCUT2D eigenvalue weighted by Crippen LogP contribution is 2.00.